The summed E-state index contributed by atoms with van der Waals surface area (Å²) >= 11 is 0. The number of halogens is 3. The summed E-state index contributed by atoms with van der Waals surface area (Å²) < 4.78 is 38.4. The molecular weight excluding hydrogens is 383 g/mol. The van der Waals surface area contributed by atoms with E-state index in [2.05, 4.69) is 26.1 Å². The Balaban J connectivity index is 1.89. The number of carbonyl (C=O) groups excluding carboxylic acids is 1. The molecular formula is C22H36F3NO3. The van der Waals surface area contributed by atoms with Crippen molar-refractivity contribution in [1.82, 2.24) is 5.32 Å². The number of fused-ring (bicyclic) bond motifs is 1. The van der Waals surface area contributed by atoms with Gasteiger partial charge in [0.15, 0.2) is 0 Å². The molecule has 0 aliphatic heterocycles. The second kappa shape index (κ2) is 8.37. The molecule has 1 amide bonds. The smallest absolute Gasteiger partial charge is 0.396 e. The minimum absolute atomic E-state index is 0.0232. The zero-order chi connectivity index (χ0) is 21.6. The van der Waals surface area contributed by atoms with Gasteiger partial charge in [-0.1, -0.05) is 27.2 Å². The van der Waals surface area contributed by atoms with Crippen LogP contribution < -0.4 is 5.32 Å². The lowest BCUT2D eigenvalue weighted by atomic mass is 9.50. The molecule has 3 fully saturated rings. The maximum Gasteiger partial charge on any atom is 0.471 e. The van der Waals surface area contributed by atoms with Gasteiger partial charge in [0.1, 0.15) is 0 Å². The number of alkyl halides is 3. The van der Waals surface area contributed by atoms with Crippen molar-refractivity contribution in [3.63, 3.8) is 0 Å². The van der Waals surface area contributed by atoms with Gasteiger partial charge < -0.3 is 15.5 Å². The molecule has 0 saturated heterocycles. The van der Waals surface area contributed by atoms with Crippen LogP contribution in [-0.2, 0) is 4.79 Å². The first-order chi connectivity index (χ1) is 13.5. The maximum absolute atomic E-state index is 12.8. The Bertz CT molecular complexity index is 598. The van der Waals surface area contributed by atoms with Crippen LogP contribution in [0.25, 0.3) is 0 Å². The van der Waals surface area contributed by atoms with Crippen molar-refractivity contribution >= 4 is 5.91 Å². The third kappa shape index (κ3) is 4.32. The van der Waals surface area contributed by atoms with Crippen molar-refractivity contribution in [2.75, 3.05) is 13.2 Å². The van der Waals surface area contributed by atoms with Gasteiger partial charge in [-0.05, 0) is 78.9 Å². The van der Waals surface area contributed by atoms with E-state index in [1.165, 1.54) is 0 Å². The van der Waals surface area contributed by atoms with Gasteiger partial charge in [-0.25, -0.2) is 0 Å². The fourth-order valence-electron chi connectivity index (χ4n) is 7.31. The van der Waals surface area contributed by atoms with Crippen molar-refractivity contribution in [3.8, 4) is 0 Å². The van der Waals surface area contributed by atoms with Crippen molar-refractivity contribution in [2.24, 2.45) is 46.8 Å². The van der Waals surface area contributed by atoms with Gasteiger partial charge in [-0.15, -0.1) is 0 Å². The highest BCUT2D eigenvalue weighted by Crippen LogP contribution is 2.60. The second-order valence-corrected chi connectivity index (χ2v) is 10.3. The molecule has 3 aliphatic carbocycles. The van der Waals surface area contributed by atoms with Gasteiger partial charge in [0, 0.05) is 13.2 Å². The van der Waals surface area contributed by atoms with Crippen LogP contribution in [-0.4, -0.2) is 41.6 Å². The lowest BCUT2D eigenvalue weighted by molar-refractivity contribution is -0.174. The SMILES string of the molecule is C[C@@H]1C[C@H]([C@@]2(C)CC[C@H](O)C[C@@H]2CO)[C@@H](CNC(=O)C(F)(F)F)[C@H]2CC[C@H](C)[C@@H]21. The van der Waals surface area contributed by atoms with Crippen LogP contribution in [0.1, 0.15) is 59.3 Å². The molecule has 168 valence electrons. The van der Waals surface area contributed by atoms with E-state index in [9.17, 15) is 28.2 Å². The predicted octanol–water partition coefficient (Wildman–Crippen LogP) is 3.76. The number of hydrogen-bond acceptors (Lipinski definition) is 3. The van der Waals surface area contributed by atoms with Gasteiger partial charge in [0.2, 0.25) is 0 Å². The molecule has 0 aromatic rings. The zero-order valence-corrected chi connectivity index (χ0v) is 17.7. The first-order valence-electron chi connectivity index (χ1n) is 11.1. The summed E-state index contributed by atoms with van der Waals surface area (Å²) in [6.07, 6.45) is -0.380. The molecule has 3 rings (SSSR count). The number of nitrogens with one attached hydrogen (secondary N) is 1. The van der Waals surface area contributed by atoms with Gasteiger partial charge in [0.25, 0.3) is 0 Å². The third-order valence-electron chi connectivity index (χ3n) is 8.79. The van der Waals surface area contributed by atoms with Gasteiger partial charge in [0.05, 0.1) is 6.10 Å². The summed E-state index contributed by atoms with van der Waals surface area (Å²) in [4.78, 5) is 11.5. The number of aliphatic hydroxyl groups excluding tert-OH is 2. The van der Waals surface area contributed by atoms with E-state index in [-0.39, 0.29) is 36.3 Å². The molecule has 0 spiro atoms. The largest absolute Gasteiger partial charge is 0.471 e. The second-order valence-electron chi connectivity index (χ2n) is 10.3. The number of rotatable bonds is 4. The normalized spacial score (nSPS) is 45.7. The van der Waals surface area contributed by atoms with E-state index in [0.29, 0.717) is 36.5 Å². The Morgan fingerprint density at radius 3 is 2.45 bits per heavy atom. The van der Waals surface area contributed by atoms with E-state index < -0.39 is 18.2 Å². The quantitative estimate of drug-likeness (QED) is 0.650. The van der Waals surface area contributed by atoms with E-state index in [1.807, 2.05) is 0 Å². The molecule has 0 bridgehead atoms. The Hall–Kier alpha value is -0.820. The minimum atomic E-state index is -4.87. The summed E-state index contributed by atoms with van der Waals surface area (Å²) in [7, 11) is 0. The number of aliphatic hydroxyl groups is 2. The topological polar surface area (TPSA) is 69.6 Å². The van der Waals surface area contributed by atoms with Crippen molar-refractivity contribution < 1.29 is 28.2 Å². The third-order valence-corrected chi connectivity index (χ3v) is 8.79. The van der Waals surface area contributed by atoms with E-state index >= 15 is 0 Å². The van der Waals surface area contributed by atoms with Crippen LogP contribution >= 0.6 is 0 Å². The fourth-order valence-corrected chi connectivity index (χ4v) is 7.31. The highest BCUT2D eigenvalue weighted by molar-refractivity contribution is 5.81. The molecule has 0 aromatic heterocycles. The van der Waals surface area contributed by atoms with Gasteiger partial charge in [-0.3, -0.25) is 4.79 Å². The molecule has 0 heterocycles. The highest BCUT2D eigenvalue weighted by atomic mass is 19.4. The Kier molecular flexibility index (Phi) is 6.60. The van der Waals surface area contributed by atoms with Crippen LogP contribution in [0.4, 0.5) is 13.2 Å². The number of carbonyl (C=O) groups is 1. The summed E-state index contributed by atoms with van der Waals surface area (Å²) in [5.74, 6) is -0.0322. The zero-order valence-electron chi connectivity index (χ0n) is 17.7. The summed E-state index contributed by atoms with van der Waals surface area (Å²) in [6.45, 7) is 6.66. The van der Waals surface area contributed by atoms with Crippen molar-refractivity contribution in [1.29, 1.82) is 0 Å². The molecule has 3 N–H and O–H groups in total. The first kappa shape index (κ1) is 22.9. The summed E-state index contributed by atoms with van der Waals surface area (Å²) in [5.41, 5.74) is -0.243. The summed E-state index contributed by atoms with van der Waals surface area (Å²) in [6, 6.07) is 0. The molecule has 7 heteroatoms. The van der Waals surface area contributed by atoms with Crippen LogP contribution in [0.15, 0.2) is 0 Å². The molecule has 4 nitrogen and oxygen atoms in total. The Morgan fingerprint density at radius 2 is 1.83 bits per heavy atom. The first-order valence-corrected chi connectivity index (χ1v) is 11.1. The average Bonchev–Trinajstić information content (AvgIpc) is 3.04. The molecule has 3 aliphatic rings. The van der Waals surface area contributed by atoms with E-state index in [0.717, 1.165) is 25.7 Å². The van der Waals surface area contributed by atoms with E-state index in [1.54, 1.807) is 0 Å². The van der Waals surface area contributed by atoms with Crippen LogP contribution in [0.3, 0.4) is 0 Å². The molecule has 9 atom stereocenters. The standard InChI is InChI=1S/C22H36F3NO3/c1-12-4-5-16-17(10-26-20(29)22(23,24)25)18(8-13(2)19(12)16)21(3)7-6-15(28)9-14(21)11-27/h12-19,27-28H,4-11H2,1-3H3,(H,26,29)/t12-,13+,14+,15-,16+,17-,18-,19+,21-/m0/s1. The molecule has 0 unspecified atom stereocenters. The van der Waals surface area contributed by atoms with Crippen LogP contribution in [0, 0.1) is 46.8 Å². The van der Waals surface area contributed by atoms with Crippen molar-refractivity contribution in [2.45, 2.75) is 71.6 Å². The lowest BCUT2D eigenvalue weighted by Gasteiger charge is -2.56. The number of hydrogen-bond donors (Lipinski definition) is 3. The Morgan fingerprint density at radius 1 is 1.14 bits per heavy atom. The molecule has 0 aromatic carbocycles. The number of amides is 1. The predicted molar refractivity (Wildman–Crippen MR) is 104 cm³/mol. The molecule has 0 radical (unpaired) electrons. The summed E-state index contributed by atoms with van der Waals surface area (Å²) in [5, 5.41) is 22.4. The average molecular weight is 420 g/mol. The van der Waals surface area contributed by atoms with Crippen LogP contribution in [0.2, 0.25) is 0 Å². The Labute approximate surface area is 171 Å². The minimum Gasteiger partial charge on any atom is -0.396 e. The van der Waals surface area contributed by atoms with Crippen LogP contribution in [0.5, 0.6) is 0 Å². The van der Waals surface area contributed by atoms with E-state index in [4.69, 9.17) is 0 Å². The highest BCUT2D eigenvalue weighted by Gasteiger charge is 2.55. The molecule has 29 heavy (non-hydrogen) atoms. The maximum atomic E-state index is 12.8. The lowest BCUT2D eigenvalue weighted by Crippen LogP contribution is -2.54. The van der Waals surface area contributed by atoms with Gasteiger partial charge in [-0.2, -0.15) is 13.2 Å². The van der Waals surface area contributed by atoms with Gasteiger partial charge >= 0.3 is 12.1 Å². The van der Waals surface area contributed by atoms with Crippen molar-refractivity contribution in [3.05, 3.63) is 0 Å². The molecule has 3 saturated carbocycles. The monoisotopic (exact) mass is 419 g/mol. The fraction of sp³-hybridized carbons (Fsp3) is 0.955.